The van der Waals surface area contributed by atoms with Gasteiger partial charge in [-0.3, -0.25) is 14.5 Å². The summed E-state index contributed by atoms with van der Waals surface area (Å²) in [5.74, 6) is -0.716. The van der Waals surface area contributed by atoms with E-state index in [0.717, 1.165) is 0 Å². The summed E-state index contributed by atoms with van der Waals surface area (Å²) in [6.07, 6.45) is 0. The Morgan fingerprint density at radius 3 is 2.42 bits per heavy atom. The van der Waals surface area contributed by atoms with E-state index >= 15 is 0 Å². The molecule has 0 aliphatic carbocycles. The van der Waals surface area contributed by atoms with Crippen LogP contribution < -0.4 is 9.64 Å². The minimum Gasteiger partial charge on any atom is -0.507 e. The number of anilines is 1. The molecule has 1 aromatic heterocycles. The Balaban J connectivity index is 1.94. The highest BCUT2D eigenvalue weighted by molar-refractivity contribution is 6.51. The van der Waals surface area contributed by atoms with Gasteiger partial charge in [-0.1, -0.05) is 12.1 Å². The van der Waals surface area contributed by atoms with Gasteiger partial charge in [-0.25, -0.2) is 0 Å². The van der Waals surface area contributed by atoms with E-state index in [0.29, 0.717) is 28.5 Å². The summed E-state index contributed by atoms with van der Waals surface area (Å²) in [4.78, 5) is 27.4. The van der Waals surface area contributed by atoms with E-state index in [4.69, 9.17) is 14.4 Å². The molecule has 1 unspecified atom stereocenters. The van der Waals surface area contributed by atoms with Gasteiger partial charge in [0.25, 0.3) is 11.7 Å². The summed E-state index contributed by atoms with van der Waals surface area (Å²) >= 11 is 0. The van der Waals surface area contributed by atoms with E-state index in [1.165, 1.54) is 12.0 Å². The average molecular weight is 414 g/mol. The number of amides is 1. The first-order valence-corrected chi connectivity index (χ1v) is 9.47. The highest BCUT2D eigenvalue weighted by atomic mass is 16.5. The van der Waals surface area contributed by atoms with Crippen LogP contribution in [0.2, 0.25) is 0 Å². The maximum Gasteiger partial charge on any atom is 0.300 e. The summed E-state index contributed by atoms with van der Waals surface area (Å²) in [5.41, 5.74) is 1.00. The number of rotatable bonds is 4. The first kappa shape index (κ1) is 20.0. The van der Waals surface area contributed by atoms with Gasteiger partial charge in [0.05, 0.1) is 29.9 Å². The maximum atomic E-state index is 13.1. The molecule has 0 spiro atoms. The molecule has 7 nitrogen and oxygen atoms in total. The lowest BCUT2D eigenvalue weighted by Crippen LogP contribution is -2.29. The Labute approximate surface area is 178 Å². The van der Waals surface area contributed by atoms with Crippen molar-refractivity contribution in [2.75, 3.05) is 12.0 Å². The Hall–Kier alpha value is -4.31. The number of para-hydroxylation sites is 1. The largest absolute Gasteiger partial charge is 0.507 e. The number of ketones is 1. The van der Waals surface area contributed by atoms with Crippen molar-refractivity contribution >= 4 is 23.1 Å². The molecule has 1 aliphatic rings. The summed E-state index contributed by atoms with van der Waals surface area (Å²) in [5, 5.41) is 20.2. The molecule has 1 saturated heterocycles. The van der Waals surface area contributed by atoms with Crippen LogP contribution in [0.4, 0.5) is 5.69 Å². The van der Waals surface area contributed by atoms with Crippen molar-refractivity contribution in [2.45, 2.75) is 13.0 Å². The molecule has 1 atom stereocenters. The monoisotopic (exact) mass is 414 g/mol. The predicted molar refractivity (Wildman–Crippen MR) is 112 cm³/mol. The fourth-order valence-corrected chi connectivity index (χ4v) is 3.65. The number of ether oxygens (including phenoxy) is 1. The zero-order valence-electron chi connectivity index (χ0n) is 16.8. The van der Waals surface area contributed by atoms with Crippen LogP contribution in [0.15, 0.2) is 70.7 Å². The number of methoxy groups -OCH3 is 1. The first-order chi connectivity index (χ1) is 15.0. The van der Waals surface area contributed by atoms with E-state index < -0.39 is 17.7 Å². The molecule has 31 heavy (non-hydrogen) atoms. The normalized spacial score (nSPS) is 17.6. The number of aryl methyl sites for hydroxylation is 1. The second-order valence-corrected chi connectivity index (χ2v) is 6.98. The number of carbonyl (C=O) groups excluding carboxylic acids is 2. The van der Waals surface area contributed by atoms with Crippen molar-refractivity contribution in [3.8, 4) is 11.8 Å². The molecule has 7 heteroatoms. The molecular formula is C24H18N2O5. The number of nitrogens with zero attached hydrogens (tertiary/aromatic N) is 2. The maximum absolute atomic E-state index is 13.1. The van der Waals surface area contributed by atoms with Crippen molar-refractivity contribution in [1.82, 2.24) is 0 Å². The van der Waals surface area contributed by atoms with E-state index in [9.17, 15) is 14.7 Å². The molecule has 154 valence electrons. The third-order valence-corrected chi connectivity index (χ3v) is 5.11. The van der Waals surface area contributed by atoms with Gasteiger partial charge < -0.3 is 14.3 Å². The van der Waals surface area contributed by atoms with Gasteiger partial charge in [0.15, 0.2) is 0 Å². The second-order valence-electron chi connectivity index (χ2n) is 6.98. The van der Waals surface area contributed by atoms with Crippen LogP contribution in [0, 0.1) is 18.3 Å². The molecule has 4 rings (SSSR count). The number of benzene rings is 2. The highest BCUT2D eigenvalue weighted by Gasteiger charge is 2.48. The van der Waals surface area contributed by atoms with Crippen molar-refractivity contribution in [3.63, 3.8) is 0 Å². The number of carbonyl (C=O) groups is 2. The van der Waals surface area contributed by atoms with Crippen molar-refractivity contribution < 1.29 is 23.8 Å². The highest BCUT2D eigenvalue weighted by Crippen LogP contribution is 2.43. The molecule has 2 aromatic carbocycles. The van der Waals surface area contributed by atoms with Gasteiger partial charge in [-0.15, -0.1) is 0 Å². The third-order valence-electron chi connectivity index (χ3n) is 5.11. The second kappa shape index (κ2) is 7.84. The Kier molecular flexibility index (Phi) is 5.05. The minimum absolute atomic E-state index is 0.104. The van der Waals surface area contributed by atoms with Crippen LogP contribution >= 0.6 is 0 Å². The summed E-state index contributed by atoms with van der Waals surface area (Å²) in [7, 11) is 1.45. The molecule has 1 N–H and O–H groups in total. The van der Waals surface area contributed by atoms with Crippen molar-refractivity contribution in [2.24, 2.45) is 0 Å². The van der Waals surface area contributed by atoms with Crippen molar-refractivity contribution in [1.29, 1.82) is 5.26 Å². The average Bonchev–Trinajstić information content (AvgIpc) is 3.34. The molecule has 1 aliphatic heterocycles. The number of aliphatic hydroxyl groups excluding tert-OH is 1. The van der Waals surface area contributed by atoms with Crippen molar-refractivity contribution in [3.05, 3.63) is 88.9 Å². The molecule has 0 bridgehead atoms. The van der Waals surface area contributed by atoms with Gasteiger partial charge in [0, 0.05) is 5.69 Å². The van der Waals surface area contributed by atoms with Gasteiger partial charge in [0.2, 0.25) is 0 Å². The summed E-state index contributed by atoms with van der Waals surface area (Å²) in [6.45, 7) is 1.75. The Morgan fingerprint density at radius 1 is 1.10 bits per heavy atom. The molecular weight excluding hydrogens is 396 g/mol. The molecule has 1 fully saturated rings. The molecule has 0 radical (unpaired) electrons. The molecule has 1 amide bonds. The zero-order chi connectivity index (χ0) is 22.1. The first-order valence-electron chi connectivity index (χ1n) is 9.47. The van der Waals surface area contributed by atoms with Gasteiger partial charge in [-0.05, 0) is 55.5 Å². The Bertz CT molecular complexity index is 1250. The number of furan rings is 1. The van der Waals surface area contributed by atoms with Crippen LogP contribution in [-0.4, -0.2) is 23.9 Å². The summed E-state index contributed by atoms with van der Waals surface area (Å²) < 4.78 is 11.1. The van der Waals surface area contributed by atoms with Crippen LogP contribution in [0.3, 0.4) is 0 Å². The van der Waals surface area contributed by atoms with Gasteiger partial charge in [0.1, 0.15) is 29.1 Å². The SMILES string of the molecule is COc1ccccc1/C(O)=C1/C(=O)C(=O)N(c2ccc(C#N)cc2)C1c1ccc(C)o1. The topological polar surface area (TPSA) is 104 Å². The van der Waals surface area contributed by atoms with Crippen LogP contribution in [-0.2, 0) is 9.59 Å². The van der Waals surface area contributed by atoms with Crippen LogP contribution in [0.5, 0.6) is 5.75 Å². The van der Waals surface area contributed by atoms with E-state index in [-0.39, 0.29) is 16.9 Å². The molecule has 3 aromatic rings. The zero-order valence-corrected chi connectivity index (χ0v) is 16.8. The fourth-order valence-electron chi connectivity index (χ4n) is 3.65. The molecule has 0 saturated carbocycles. The number of nitriles is 1. The lowest BCUT2D eigenvalue weighted by molar-refractivity contribution is -0.132. The number of aliphatic hydroxyl groups is 1. The smallest absolute Gasteiger partial charge is 0.300 e. The standard InChI is InChI=1S/C24H18N2O5/c1-14-7-12-19(31-14)21-20(22(27)17-5-3-4-6-18(17)30-2)23(28)24(29)26(21)16-10-8-15(13-25)9-11-16/h3-12,21,27H,1-2H3/b22-20-. The number of Topliss-reactive ketones (excluding diaryl/α,β-unsaturated/α-hetero) is 1. The van der Waals surface area contributed by atoms with Crippen LogP contribution in [0.25, 0.3) is 5.76 Å². The lowest BCUT2D eigenvalue weighted by Gasteiger charge is -2.23. The third kappa shape index (κ3) is 3.34. The predicted octanol–water partition coefficient (Wildman–Crippen LogP) is 4.09. The lowest BCUT2D eigenvalue weighted by atomic mass is 9.98. The van der Waals surface area contributed by atoms with Gasteiger partial charge >= 0.3 is 0 Å². The summed E-state index contributed by atoms with van der Waals surface area (Å²) in [6, 6.07) is 17.4. The van der Waals surface area contributed by atoms with E-state index in [1.54, 1.807) is 67.6 Å². The molecule has 2 heterocycles. The quantitative estimate of drug-likeness (QED) is 0.392. The van der Waals surface area contributed by atoms with Crippen LogP contribution in [0.1, 0.15) is 28.7 Å². The van der Waals surface area contributed by atoms with E-state index in [1.807, 2.05) is 6.07 Å². The minimum atomic E-state index is -0.980. The van der Waals surface area contributed by atoms with Gasteiger partial charge in [-0.2, -0.15) is 5.26 Å². The fraction of sp³-hybridized carbons (Fsp3) is 0.125. The number of hydrogen-bond acceptors (Lipinski definition) is 6. The Morgan fingerprint density at radius 2 is 1.81 bits per heavy atom. The number of hydrogen-bond donors (Lipinski definition) is 1. The van der Waals surface area contributed by atoms with E-state index in [2.05, 4.69) is 0 Å².